The normalized spacial score (nSPS) is 19.1. The third kappa shape index (κ3) is 4.07. The highest BCUT2D eigenvalue weighted by molar-refractivity contribution is 5.96. The number of halogens is 9. The van der Waals surface area contributed by atoms with Crippen molar-refractivity contribution in [2.45, 2.75) is 24.1 Å². The number of hydrogen-bond donors (Lipinski definition) is 2. The zero-order chi connectivity index (χ0) is 26.0. The van der Waals surface area contributed by atoms with Gasteiger partial charge in [0.25, 0.3) is 0 Å². The van der Waals surface area contributed by atoms with Gasteiger partial charge in [-0.1, -0.05) is 0 Å². The molecule has 0 fully saturated rings. The third-order valence-corrected chi connectivity index (χ3v) is 5.31. The third-order valence-electron chi connectivity index (χ3n) is 5.31. The van der Waals surface area contributed by atoms with E-state index in [4.69, 9.17) is 0 Å². The maximum absolute atomic E-state index is 14.2. The van der Waals surface area contributed by atoms with E-state index in [-0.39, 0.29) is 35.0 Å². The molecule has 0 radical (unpaired) electrons. The number of pyridine rings is 1. The average molecular weight is 510 g/mol. The summed E-state index contributed by atoms with van der Waals surface area (Å²) in [5.41, 5.74) is -7.85. The summed E-state index contributed by atoms with van der Waals surface area (Å²) in [5.74, 6) is -1.34. The molecule has 2 N–H and O–H groups in total. The van der Waals surface area contributed by atoms with Crippen LogP contribution in [0.4, 0.5) is 39.5 Å². The highest BCUT2D eigenvalue weighted by Crippen LogP contribution is 2.49. The van der Waals surface area contributed by atoms with E-state index in [1.807, 2.05) is 5.48 Å². The lowest BCUT2D eigenvalue weighted by Crippen LogP contribution is -2.43. The van der Waals surface area contributed by atoms with Gasteiger partial charge in [0.2, 0.25) is 5.60 Å². The summed E-state index contributed by atoms with van der Waals surface area (Å²) in [4.78, 5) is 16.1. The Labute approximate surface area is 189 Å². The molecule has 4 rings (SSSR count). The highest BCUT2D eigenvalue weighted by atomic mass is 19.4. The first-order chi connectivity index (χ1) is 16.0. The van der Waals surface area contributed by atoms with Gasteiger partial charge in [-0.25, -0.2) is 4.79 Å². The van der Waals surface area contributed by atoms with Gasteiger partial charge >= 0.3 is 24.5 Å². The van der Waals surface area contributed by atoms with Crippen LogP contribution in [0.1, 0.15) is 32.7 Å². The summed E-state index contributed by atoms with van der Waals surface area (Å²) in [6.45, 7) is 0. The molecule has 0 bridgehead atoms. The molecule has 0 saturated heterocycles. The van der Waals surface area contributed by atoms with Crippen LogP contribution in [0.5, 0.6) is 0 Å². The van der Waals surface area contributed by atoms with Gasteiger partial charge in [0.05, 0.1) is 33.6 Å². The molecule has 0 aliphatic carbocycles. The molecule has 0 amide bonds. The Kier molecular flexibility index (Phi) is 5.35. The van der Waals surface area contributed by atoms with E-state index < -0.39 is 52.5 Å². The number of hydroxylamine groups is 1. The van der Waals surface area contributed by atoms with E-state index in [1.165, 1.54) is 22.7 Å². The van der Waals surface area contributed by atoms with E-state index in [2.05, 4.69) is 4.84 Å². The zero-order valence-corrected chi connectivity index (χ0v) is 16.8. The lowest BCUT2D eigenvalue weighted by Gasteiger charge is -2.29. The summed E-state index contributed by atoms with van der Waals surface area (Å²) < 4.78 is 123. The van der Waals surface area contributed by atoms with Crippen molar-refractivity contribution in [1.29, 1.82) is 0 Å². The van der Waals surface area contributed by atoms with Crippen molar-refractivity contribution in [3.05, 3.63) is 82.7 Å². The van der Waals surface area contributed by atoms with Crippen LogP contribution in [0.15, 0.2) is 54.7 Å². The number of hydrogen-bond acceptors (Lipinski definition) is 3. The molecular formula is C21H11F9N2O3. The molecule has 5 nitrogen and oxygen atoms in total. The smallest absolute Gasteiger partial charge is 0.428 e. The highest BCUT2D eigenvalue weighted by Gasteiger charge is 2.60. The molecule has 3 heterocycles. The van der Waals surface area contributed by atoms with Crippen molar-refractivity contribution < 1.29 is 54.3 Å². The van der Waals surface area contributed by atoms with Crippen LogP contribution in [0.2, 0.25) is 0 Å². The molecular weight excluding hydrogens is 499 g/mol. The minimum atomic E-state index is -5.51. The van der Waals surface area contributed by atoms with E-state index in [9.17, 15) is 49.4 Å². The van der Waals surface area contributed by atoms with E-state index in [0.717, 1.165) is 12.1 Å². The standard InChI is InChI=1S/C21H11F9N2O3/c22-19(23,24)11-6-10(7-12(8-11)20(25,26)27)18(21(28,29)30)9-14(31-35-18)16-4-3-13(17(33)34)15-2-1-5-32(15)16/h1-9,31H,(H,33,34). The minimum Gasteiger partial charge on any atom is -0.478 e. The zero-order valence-electron chi connectivity index (χ0n) is 16.8. The summed E-state index contributed by atoms with van der Waals surface area (Å²) in [7, 11) is 0. The molecule has 1 aliphatic heterocycles. The quantitative estimate of drug-likeness (QED) is 0.424. The van der Waals surface area contributed by atoms with Gasteiger partial charge < -0.3 is 9.51 Å². The van der Waals surface area contributed by atoms with Crippen molar-refractivity contribution in [2.75, 3.05) is 0 Å². The van der Waals surface area contributed by atoms with Gasteiger partial charge in [-0.05, 0) is 48.5 Å². The molecule has 1 aliphatic rings. The predicted molar refractivity (Wildman–Crippen MR) is 101 cm³/mol. The number of rotatable bonds is 3. The molecule has 2 aromatic heterocycles. The van der Waals surface area contributed by atoms with Crippen LogP contribution in [0, 0.1) is 0 Å². The summed E-state index contributed by atoms with van der Waals surface area (Å²) in [6, 6.07) is 4.50. The topological polar surface area (TPSA) is 63.0 Å². The fraction of sp³-hybridized carbons (Fsp3) is 0.190. The molecule has 186 valence electrons. The van der Waals surface area contributed by atoms with E-state index >= 15 is 0 Å². The molecule has 1 unspecified atom stereocenters. The van der Waals surface area contributed by atoms with Crippen LogP contribution in [-0.2, 0) is 22.8 Å². The monoisotopic (exact) mass is 510 g/mol. The Morgan fingerprint density at radius 2 is 1.51 bits per heavy atom. The lowest BCUT2D eigenvalue weighted by molar-refractivity contribution is -0.269. The van der Waals surface area contributed by atoms with Gasteiger partial charge in [0.1, 0.15) is 0 Å². The van der Waals surface area contributed by atoms with Gasteiger partial charge in [0, 0.05) is 11.8 Å². The predicted octanol–water partition coefficient (Wildman–Crippen LogP) is 6.01. The first kappa shape index (κ1) is 24.4. The van der Waals surface area contributed by atoms with Crippen molar-refractivity contribution in [3.8, 4) is 0 Å². The van der Waals surface area contributed by atoms with Gasteiger partial charge in [-0.15, -0.1) is 0 Å². The number of nitrogens with zero attached hydrogens (tertiary/aromatic N) is 1. The molecule has 0 saturated carbocycles. The second-order valence-electron chi connectivity index (χ2n) is 7.49. The SMILES string of the molecule is O=C(O)c1ccc(C2=CC(c3cc(C(F)(F)F)cc(C(F)(F)F)c3)(C(F)(F)F)ON2)n2cccc12. The molecule has 3 aromatic rings. The van der Waals surface area contributed by atoms with Crippen molar-refractivity contribution in [1.82, 2.24) is 9.88 Å². The number of aromatic carboxylic acids is 1. The van der Waals surface area contributed by atoms with Crippen LogP contribution in [-0.4, -0.2) is 21.7 Å². The maximum atomic E-state index is 14.2. The first-order valence-electron chi connectivity index (χ1n) is 9.42. The number of benzene rings is 1. The Morgan fingerprint density at radius 3 is 2.03 bits per heavy atom. The van der Waals surface area contributed by atoms with Gasteiger partial charge in [-0.2, -0.15) is 39.5 Å². The van der Waals surface area contributed by atoms with Crippen LogP contribution >= 0.6 is 0 Å². The number of carboxylic acids is 1. The number of fused-ring (bicyclic) bond motifs is 1. The first-order valence-corrected chi connectivity index (χ1v) is 9.42. The van der Waals surface area contributed by atoms with Gasteiger partial charge in [-0.3, -0.25) is 10.3 Å². The van der Waals surface area contributed by atoms with Crippen molar-refractivity contribution >= 4 is 17.2 Å². The Bertz CT molecular complexity index is 1320. The second-order valence-corrected chi connectivity index (χ2v) is 7.49. The van der Waals surface area contributed by atoms with E-state index in [1.54, 1.807) is 0 Å². The number of carbonyl (C=O) groups is 1. The van der Waals surface area contributed by atoms with Gasteiger partial charge in [0.15, 0.2) is 0 Å². The van der Waals surface area contributed by atoms with E-state index in [0.29, 0.717) is 6.08 Å². The summed E-state index contributed by atoms with van der Waals surface area (Å²) in [5, 5.41) is 9.28. The molecule has 14 heteroatoms. The number of alkyl halides is 9. The number of nitrogens with one attached hydrogen (secondary N) is 1. The average Bonchev–Trinajstić information content (AvgIpc) is 3.39. The van der Waals surface area contributed by atoms with Crippen LogP contribution in [0.3, 0.4) is 0 Å². The number of aromatic nitrogens is 1. The summed E-state index contributed by atoms with van der Waals surface area (Å²) >= 11 is 0. The molecule has 1 atom stereocenters. The fourth-order valence-electron chi connectivity index (χ4n) is 3.68. The lowest BCUT2D eigenvalue weighted by atomic mass is 9.89. The second kappa shape index (κ2) is 7.66. The van der Waals surface area contributed by atoms with Crippen LogP contribution in [0.25, 0.3) is 11.2 Å². The molecule has 35 heavy (non-hydrogen) atoms. The fourth-order valence-corrected chi connectivity index (χ4v) is 3.68. The summed E-state index contributed by atoms with van der Waals surface area (Å²) in [6.07, 6.45) is -14.7. The molecule has 1 aromatic carbocycles. The Morgan fingerprint density at radius 1 is 0.914 bits per heavy atom. The Balaban J connectivity index is 1.96. The Hall–Kier alpha value is -3.68. The maximum Gasteiger partial charge on any atom is 0.428 e. The minimum absolute atomic E-state index is 0.0668. The van der Waals surface area contributed by atoms with Crippen LogP contribution < -0.4 is 5.48 Å². The largest absolute Gasteiger partial charge is 0.478 e. The van der Waals surface area contributed by atoms with Crippen molar-refractivity contribution in [3.63, 3.8) is 0 Å². The molecule has 0 spiro atoms. The van der Waals surface area contributed by atoms with Crippen molar-refractivity contribution in [2.24, 2.45) is 0 Å². The number of carboxylic acid groups (broad SMARTS) is 1.